The molecule has 1 aromatic heterocycles. The lowest BCUT2D eigenvalue weighted by Crippen LogP contribution is -2.22. The summed E-state index contributed by atoms with van der Waals surface area (Å²) in [6.07, 6.45) is 1.26. The first-order valence-electron chi connectivity index (χ1n) is 7.35. The van der Waals surface area contributed by atoms with E-state index in [4.69, 9.17) is 0 Å². The predicted octanol–water partition coefficient (Wildman–Crippen LogP) is 2.45. The Morgan fingerprint density at radius 3 is 2.62 bits per heavy atom. The molecule has 0 saturated heterocycles. The first kappa shape index (κ1) is 15.5. The van der Waals surface area contributed by atoms with Crippen molar-refractivity contribution in [2.75, 3.05) is 13.6 Å². The van der Waals surface area contributed by atoms with Crippen molar-refractivity contribution in [3.05, 3.63) is 29.1 Å². The molecule has 0 aliphatic rings. The van der Waals surface area contributed by atoms with E-state index in [2.05, 4.69) is 17.2 Å². The van der Waals surface area contributed by atoms with Crippen LogP contribution in [0.4, 0.5) is 0 Å². The number of carboxylic acids is 1. The van der Waals surface area contributed by atoms with Gasteiger partial charge < -0.3 is 15.0 Å². The van der Waals surface area contributed by atoms with E-state index in [9.17, 15) is 9.90 Å². The Balaban J connectivity index is 2.66. The second-order valence-electron chi connectivity index (χ2n) is 5.44. The molecule has 1 aromatic carbocycles. The summed E-state index contributed by atoms with van der Waals surface area (Å²) in [5, 5.41) is 12.6. The molecule has 1 heterocycles. The van der Waals surface area contributed by atoms with Crippen LogP contribution in [0.3, 0.4) is 0 Å². The van der Waals surface area contributed by atoms with Gasteiger partial charge in [0.2, 0.25) is 0 Å². The maximum absolute atomic E-state index is 11.6. The minimum Gasteiger partial charge on any atom is -0.480 e. The third kappa shape index (κ3) is 2.93. The van der Waals surface area contributed by atoms with Gasteiger partial charge in [0.15, 0.2) is 0 Å². The molecule has 0 bridgehead atoms. The van der Waals surface area contributed by atoms with Gasteiger partial charge in [0.1, 0.15) is 11.9 Å². The highest BCUT2D eigenvalue weighted by Gasteiger charge is 2.23. The molecule has 2 N–H and O–H groups in total. The van der Waals surface area contributed by atoms with Crippen molar-refractivity contribution < 1.29 is 9.90 Å². The normalized spacial score (nSPS) is 12.8. The number of benzene rings is 1. The van der Waals surface area contributed by atoms with E-state index in [0.717, 1.165) is 29.0 Å². The van der Waals surface area contributed by atoms with E-state index in [1.165, 1.54) is 5.56 Å². The number of hydrogen-bond donors (Lipinski definition) is 2. The summed E-state index contributed by atoms with van der Waals surface area (Å²) in [6.45, 7) is 6.77. The van der Waals surface area contributed by atoms with Crippen LogP contribution in [0.25, 0.3) is 11.0 Å². The van der Waals surface area contributed by atoms with E-state index in [1.54, 1.807) is 0 Å². The summed E-state index contributed by atoms with van der Waals surface area (Å²) in [5.74, 6) is 0.0272. The second-order valence-corrected chi connectivity index (χ2v) is 5.44. The molecule has 0 aliphatic heterocycles. The lowest BCUT2D eigenvalue weighted by atomic mass is 10.1. The van der Waals surface area contributed by atoms with E-state index in [1.807, 2.05) is 37.6 Å². The zero-order valence-corrected chi connectivity index (χ0v) is 13.1. The monoisotopic (exact) mass is 289 g/mol. The fraction of sp³-hybridized carbons (Fsp3) is 0.500. The van der Waals surface area contributed by atoms with Crippen molar-refractivity contribution in [3.8, 4) is 0 Å². The van der Waals surface area contributed by atoms with E-state index >= 15 is 0 Å². The van der Waals surface area contributed by atoms with E-state index in [0.29, 0.717) is 12.8 Å². The number of nitrogens with one attached hydrogen (secondary N) is 1. The summed E-state index contributed by atoms with van der Waals surface area (Å²) in [6, 6.07) is 3.52. The Hall–Kier alpha value is -1.88. The number of nitrogens with zero attached hydrogens (tertiary/aromatic N) is 2. The van der Waals surface area contributed by atoms with Gasteiger partial charge in [0, 0.05) is 13.0 Å². The molecule has 5 nitrogen and oxygen atoms in total. The van der Waals surface area contributed by atoms with Gasteiger partial charge in [-0.1, -0.05) is 6.92 Å². The highest BCUT2D eigenvalue weighted by Crippen LogP contribution is 2.26. The summed E-state index contributed by atoms with van der Waals surface area (Å²) in [7, 11) is 1.88. The largest absolute Gasteiger partial charge is 0.480 e. The fourth-order valence-electron chi connectivity index (χ4n) is 2.63. The van der Waals surface area contributed by atoms with Crippen LogP contribution >= 0.6 is 0 Å². The van der Waals surface area contributed by atoms with Gasteiger partial charge in [-0.3, -0.25) is 0 Å². The van der Waals surface area contributed by atoms with Gasteiger partial charge in [0.25, 0.3) is 0 Å². The number of aromatic nitrogens is 2. The fourth-order valence-corrected chi connectivity index (χ4v) is 2.63. The van der Waals surface area contributed by atoms with Crippen molar-refractivity contribution >= 4 is 17.0 Å². The SMILES string of the molecule is CCC(C(=O)O)n1c(CCNC)nc2cc(C)c(C)cc21. The van der Waals surface area contributed by atoms with Crippen LogP contribution in [0.15, 0.2) is 12.1 Å². The maximum Gasteiger partial charge on any atom is 0.326 e. The molecule has 2 rings (SSSR count). The predicted molar refractivity (Wildman–Crippen MR) is 83.8 cm³/mol. The summed E-state index contributed by atoms with van der Waals surface area (Å²) in [4.78, 5) is 16.2. The Bertz CT molecular complexity index is 661. The molecule has 2 aromatic rings. The van der Waals surface area contributed by atoms with Gasteiger partial charge >= 0.3 is 5.97 Å². The number of carboxylic acid groups (broad SMARTS) is 1. The van der Waals surface area contributed by atoms with Gasteiger partial charge in [-0.15, -0.1) is 0 Å². The summed E-state index contributed by atoms with van der Waals surface area (Å²) >= 11 is 0. The molecule has 0 radical (unpaired) electrons. The summed E-state index contributed by atoms with van der Waals surface area (Å²) in [5.41, 5.74) is 4.13. The van der Waals surface area contributed by atoms with E-state index in [-0.39, 0.29) is 0 Å². The van der Waals surface area contributed by atoms with Crippen LogP contribution in [-0.4, -0.2) is 34.2 Å². The van der Waals surface area contributed by atoms with Crippen LogP contribution in [0.1, 0.15) is 36.3 Å². The Labute approximate surface area is 125 Å². The smallest absolute Gasteiger partial charge is 0.326 e. The van der Waals surface area contributed by atoms with Crippen LogP contribution < -0.4 is 5.32 Å². The number of likely N-dealkylation sites (N-methyl/N-ethyl adjacent to an activating group) is 1. The van der Waals surface area contributed by atoms with Crippen molar-refractivity contribution in [2.24, 2.45) is 0 Å². The maximum atomic E-state index is 11.6. The van der Waals surface area contributed by atoms with Crippen LogP contribution in [0.5, 0.6) is 0 Å². The molecule has 1 unspecified atom stereocenters. The van der Waals surface area contributed by atoms with Gasteiger partial charge in [-0.05, 0) is 50.6 Å². The van der Waals surface area contributed by atoms with Crippen molar-refractivity contribution in [1.82, 2.24) is 14.9 Å². The molecule has 1 atom stereocenters. The molecule has 0 fully saturated rings. The third-order valence-electron chi connectivity index (χ3n) is 3.96. The average molecular weight is 289 g/mol. The number of aryl methyl sites for hydroxylation is 2. The van der Waals surface area contributed by atoms with E-state index < -0.39 is 12.0 Å². The van der Waals surface area contributed by atoms with Crippen LogP contribution in [0, 0.1) is 13.8 Å². The topological polar surface area (TPSA) is 67.2 Å². The molecule has 0 spiro atoms. The molecule has 114 valence electrons. The number of carbonyl (C=O) groups is 1. The Morgan fingerprint density at radius 2 is 2.05 bits per heavy atom. The van der Waals surface area contributed by atoms with Gasteiger partial charge in [-0.2, -0.15) is 0 Å². The standard InChI is InChI=1S/C16H23N3O2/c1-5-13(16(20)21)19-14-9-11(3)10(2)8-12(14)18-15(19)6-7-17-4/h8-9,13,17H,5-7H2,1-4H3,(H,20,21). The average Bonchev–Trinajstić information content (AvgIpc) is 2.76. The van der Waals surface area contributed by atoms with Crippen LogP contribution in [0.2, 0.25) is 0 Å². The first-order chi connectivity index (χ1) is 9.99. The zero-order valence-electron chi connectivity index (χ0n) is 13.1. The zero-order chi connectivity index (χ0) is 15.6. The molecule has 5 heteroatoms. The highest BCUT2D eigenvalue weighted by molar-refractivity contribution is 5.81. The Kier molecular flexibility index (Phi) is 4.63. The molecule has 0 amide bonds. The number of hydrogen-bond acceptors (Lipinski definition) is 3. The second kappa shape index (κ2) is 6.26. The quantitative estimate of drug-likeness (QED) is 0.857. The number of rotatable bonds is 6. The molecular weight excluding hydrogens is 266 g/mol. The van der Waals surface area contributed by atoms with Gasteiger partial charge in [0.05, 0.1) is 11.0 Å². The first-order valence-corrected chi connectivity index (χ1v) is 7.35. The molecular formula is C16H23N3O2. The summed E-state index contributed by atoms with van der Waals surface area (Å²) < 4.78 is 1.89. The minimum atomic E-state index is -0.805. The Morgan fingerprint density at radius 1 is 1.38 bits per heavy atom. The minimum absolute atomic E-state index is 0.542. The van der Waals surface area contributed by atoms with Crippen LogP contribution in [-0.2, 0) is 11.2 Å². The van der Waals surface area contributed by atoms with Crippen molar-refractivity contribution in [3.63, 3.8) is 0 Å². The number of fused-ring (bicyclic) bond motifs is 1. The molecule has 0 saturated carbocycles. The third-order valence-corrected chi connectivity index (χ3v) is 3.96. The van der Waals surface area contributed by atoms with Crippen molar-refractivity contribution in [2.45, 2.75) is 39.7 Å². The number of imidazole rings is 1. The van der Waals surface area contributed by atoms with Gasteiger partial charge in [-0.25, -0.2) is 9.78 Å². The highest BCUT2D eigenvalue weighted by atomic mass is 16.4. The lowest BCUT2D eigenvalue weighted by Gasteiger charge is -2.16. The van der Waals surface area contributed by atoms with Crippen molar-refractivity contribution in [1.29, 1.82) is 0 Å². The molecule has 21 heavy (non-hydrogen) atoms. The lowest BCUT2D eigenvalue weighted by molar-refractivity contribution is -0.140. The molecule has 0 aliphatic carbocycles. The number of aliphatic carboxylic acids is 1.